The predicted molar refractivity (Wildman–Crippen MR) is 93.5 cm³/mol. The number of pyridine rings is 1. The first-order valence-corrected chi connectivity index (χ1v) is 8.91. The number of hydrogen-bond acceptors (Lipinski definition) is 4. The molecular formula is C19H22N4O2. The van der Waals surface area contributed by atoms with Crippen LogP contribution in [0.25, 0.3) is 0 Å². The Morgan fingerprint density at radius 2 is 1.96 bits per heavy atom. The summed E-state index contributed by atoms with van der Waals surface area (Å²) in [5.41, 5.74) is 3.54. The van der Waals surface area contributed by atoms with E-state index < -0.39 is 0 Å². The largest absolute Gasteiger partial charge is 0.337 e. The fourth-order valence-electron chi connectivity index (χ4n) is 3.42. The summed E-state index contributed by atoms with van der Waals surface area (Å²) in [5, 5.41) is 0. The second-order valence-corrected chi connectivity index (χ2v) is 7.03. The Labute approximate surface area is 146 Å². The molecule has 3 heterocycles. The second-order valence-electron chi connectivity index (χ2n) is 7.03. The topological polar surface area (TPSA) is 68.1 Å². The number of nitrogens with zero attached hydrogens (tertiary/aromatic N) is 4. The van der Waals surface area contributed by atoms with Crippen molar-refractivity contribution in [2.75, 3.05) is 13.1 Å². The van der Waals surface area contributed by atoms with Gasteiger partial charge in [-0.25, -0.2) is 4.98 Å². The van der Waals surface area contributed by atoms with Gasteiger partial charge in [0.2, 0.25) is 0 Å². The number of carbonyl (C=O) groups is 1. The van der Waals surface area contributed by atoms with Crippen molar-refractivity contribution in [1.29, 1.82) is 0 Å². The Kier molecular flexibility index (Phi) is 4.11. The molecule has 0 unspecified atom stereocenters. The molecule has 0 radical (unpaired) electrons. The first-order valence-electron chi connectivity index (χ1n) is 8.91. The van der Waals surface area contributed by atoms with Crippen molar-refractivity contribution in [3.8, 4) is 0 Å². The van der Waals surface area contributed by atoms with E-state index in [2.05, 4.69) is 9.97 Å². The lowest BCUT2D eigenvalue weighted by Gasteiger charge is -2.19. The molecule has 0 N–H and O–H groups in total. The molecule has 4 rings (SSSR count). The summed E-state index contributed by atoms with van der Waals surface area (Å²) in [5.74, 6) is 0.560. The van der Waals surface area contributed by atoms with Gasteiger partial charge in [-0.15, -0.1) is 0 Å². The summed E-state index contributed by atoms with van der Waals surface area (Å²) in [6.45, 7) is 3.92. The smallest absolute Gasteiger partial charge is 0.274 e. The third-order valence-corrected chi connectivity index (χ3v) is 5.08. The monoisotopic (exact) mass is 338 g/mol. The van der Waals surface area contributed by atoms with E-state index in [1.54, 1.807) is 18.5 Å². The molecule has 6 nitrogen and oxygen atoms in total. The van der Waals surface area contributed by atoms with Crippen molar-refractivity contribution >= 4 is 5.91 Å². The van der Waals surface area contributed by atoms with Crippen molar-refractivity contribution in [2.24, 2.45) is 5.92 Å². The Morgan fingerprint density at radius 1 is 1.16 bits per heavy atom. The van der Waals surface area contributed by atoms with Crippen molar-refractivity contribution in [3.63, 3.8) is 0 Å². The fourth-order valence-corrected chi connectivity index (χ4v) is 3.42. The quantitative estimate of drug-likeness (QED) is 0.852. The molecule has 1 saturated carbocycles. The minimum atomic E-state index is -0.0867. The zero-order chi connectivity index (χ0) is 17.4. The van der Waals surface area contributed by atoms with Gasteiger partial charge in [0, 0.05) is 44.0 Å². The Morgan fingerprint density at radius 3 is 2.68 bits per heavy atom. The molecule has 0 bridgehead atoms. The summed E-state index contributed by atoms with van der Waals surface area (Å²) in [7, 11) is 0. The molecule has 1 fully saturated rings. The summed E-state index contributed by atoms with van der Waals surface area (Å²) in [6, 6.07) is 3.60. The summed E-state index contributed by atoms with van der Waals surface area (Å²) < 4.78 is 1.94. The van der Waals surface area contributed by atoms with Gasteiger partial charge in [0.15, 0.2) is 0 Å². The Hall–Kier alpha value is -2.50. The molecular weight excluding hydrogens is 316 g/mol. The standard InChI is InChI=1S/C19H22N4O2/c1-13-10-21-16(11-20-13)19(25)22-8-6-15-4-5-18(24)23(12-14-2-3-14)17(15)7-9-22/h4-5,10-11,14H,2-3,6-9,12H2,1H3. The van der Waals surface area contributed by atoms with Gasteiger partial charge in [-0.05, 0) is 37.7 Å². The van der Waals surface area contributed by atoms with Crippen LogP contribution in [-0.2, 0) is 19.4 Å². The normalized spacial score (nSPS) is 17.1. The SMILES string of the molecule is Cc1cnc(C(=O)N2CCc3ccc(=O)n(CC4CC4)c3CC2)cn1. The highest BCUT2D eigenvalue weighted by molar-refractivity contribution is 5.92. The van der Waals surface area contributed by atoms with E-state index in [1.807, 2.05) is 22.5 Å². The Balaban J connectivity index is 1.56. The third-order valence-electron chi connectivity index (χ3n) is 5.08. The molecule has 25 heavy (non-hydrogen) atoms. The van der Waals surface area contributed by atoms with E-state index >= 15 is 0 Å². The summed E-state index contributed by atoms with van der Waals surface area (Å²) in [6.07, 6.45) is 7.07. The van der Waals surface area contributed by atoms with E-state index in [9.17, 15) is 9.59 Å². The number of fused-ring (bicyclic) bond motifs is 1. The van der Waals surface area contributed by atoms with E-state index in [1.165, 1.54) is 18.4 Å². The zero-order valence-electron chi connectivity index (χ0n) is 14.4. The minimum Gasteiger partial charge on any atom is -0.337 e. The number of carbonyl (C=O) groups excluding carboxylic acids is 1. The van der Waals surface area contributed by atoms with E-state index in [4.69, 9.17) is 0 Å². The molecule has 1 aliphatic heterocycles. The second kappa shape index (κ2) is 6.43. The van der Waals surface area contributed by atoms with E-state index in [0.29, 0.717) is 31.1 Å². The minimum absolute atomic E-state index is 0.0785. The molecule has 0 aromatic carbocycles. The predicted octanol–water partition coefficient (Wildman–Crippen LogP) is 1.60. The molecule has 2 aromatic heterocycles. The van der Waals surface area contributed by atoms with Crippen LogP contribution >= 0.6 is 0 Å². The fraction of sp³-hybridized carbons (Fsp3) is 0.474. The molecule has 0 spiro atoms. The van der Waals surface area contributed by atoms with E-state index in [-0.39, 0.29) is 11.5 Å². The highest BCUT2D eigenvalue weighted by Crippen LogP contribution is 2.31. The van der Waals surface area contributed by atoms with Crippen LogP contribution in [0.4, 0.5) is 0 Å². The highest BCUT2D eigenvalue weighted by atomic mass is 16.2. The number of amides is 1. The zero-order valence-corrected chi connectivity index (χ0v) is 14.4. The van der Waals surface area contributed by atoms with Crippen molar-refractivity contribution < 1.29 is 4.79 Å². The van der Waals surface area contributed by atoms with Crippen LogP contribution in [0, 0.1) is 12.8 Å². The molecule has 2 aromatic rings. The van der Waals surface area contributed by atoms with Gasteiger partial charge >= 0.3 is 0 Å². The van der Waals surface area contributed by atoms with Crippen molar-refractivity contribution in [2.45, 2.75) is 39.2 Å². The lowest BCUT2D eigenvalue weighted by atomic mass is 10.1. The maximum atomic E-state index is 12.7. The average Bonchev–Trinajstić information content (AvgIpc) is 3.44. The number of aryl methyl sites for hydroxylation is 1. The van der Waals surface area contributed by atoms with Crippen LogP contribution in [0.3, 0.4) is 0 Å². The average molecular weight is 338 g/mol. The molecule has 130 valence electrons. The maximum absolute atomic E-state index is 12.7. The van der Waals surface area contributed by atoms with Gasteiger partial charge in [0.25, 0.3) is 11.5 Å². The molecule has 0 atom stereocenters. The number of rotatable bonds is 3. The van der Waals surface area contributed by atoms with Crippen molar-refractivity contribution in [3.05, 3.63) is 57.5 Å². The summed E-state index contributed by atoms with van der Waals surface area (Å²) in [4.78, 5) is 35.2. The molecule has 1 aliphatic carbocycles. The molecule has 0 saturated heterocycles. The lowest BCUT2D eigenvalue weighted by molar-refractivity contribution is 0.0756. The molecule has 1 amide bonds. The van der Waals surface area contributed by atoms with Gasteiger partial charge in [0.1, 0.15) is 5.69 Å². The third kappa shape index (κ3) is 3.34. The summed E-state index contributed by atoms with van der Waals surface area (Å²) >= 11 is 0. The number of aromatic nitrogens is 3. The van der Waals surface area contributed by atoms with Crippen LogP contribution in [0.15, 0.2) is 29.3 Å². The van der Waals surface area contributed by atoms with E-state index in [0.717, 1.165) is 24.4 Å². The van der Waals surface area contributed by atoms with Crippen molar-refractivity contribution in [1.82, 2.24) is 19.4 Å². The number of hydrogen-bond donors (Lipinski definition) is 0. The van der Waals surface area contributed by atoms with Gasteiger partial charge in [-0.1, -0.05) is 6.07 Å². The van der Waals surface area contributed by atoms with Gasteiger partial charge in [-0.3, -0.25) is 14.6 Å². The molecule has 2 aliphatic rings. The van der Waals surface area contributed by atoms with Crippen LogP contribution in [0.5, 0.6) is 0 Å². The maximum Gasteiger partial charge on any atom is 0.274 e. The van der Waals surface area contributed by atoms with Crippen LogP contribution in [-0.4, -0.2) is 38.4 Å². The van der Waals surface area contributed by atoms with Crippen LogP contribution in [0.2, 0.25) is 0 Å². The first kappa shape index (κ1) is 16.0. The lowest BCUT2D eigenvalue weighted by Crippen LogP contribution is -2.34. The highest BCUT2D eigenvalue weighted by Gasteiger charge is 2.26. The van der Waals surface area contributed by atoms with Gasteiger partial charge < -0.3 is 9.47 Å². The van der Waals surface area contributed by atoms with Crippen LogP contribution in [0.1, 0.15) is 40.3 Å². The first-order chi connectivity index (χ1) is 12.1. The molecule has 6 heteroatoms. The van der Waals surface area contributed by atoms with Gasteiger partial charge in [0.05, 0.1) is 11.9 Å². The van der Waals surface area contributed by atoms with Gasteiger partial charge in [-0.2, -0.15) is 0 Å². The van der Waals surface area contributed by atoms with Crippen LogP contribution < -0.4 is 5.56 Å². The Bertz CT molecular complexity index is 853.